The van der Waals surface area contributed by atoms with Crippen LogP contribution in [0, 0.1) is 0 Å². The van der Waals surface area contributed by atoms with E-state index in [4.69, 9.17) is 14.5 Å². The van der Waals surface area contributed by atoms with Crippen LogP contribution in [0.3, 0.4) is 0 Å². The first-order valence-corrected chi connectivity index (χ1v) is 11.5. The standard InChI is InChI=1S/C21H25N5O2S/c1-4-14-15(5-1)20(26-6-9-27-10-7-26)25-21-16(14)17-18(29-21)19(24-12-23-17)22-11-13-3-2-8-28-13/h12-13H,1-11H2,(H,22,23,24)/t13-/m0/s1. The van der Waals surface area contributed by atoms with Crippen molar-refractivity contribution in [3.05, 3.63) is 17.5 Å². The molecule has 152 valence electrons. The molecule has 3 aliphatic rings. The summed E-state index contributed by atoms with van der Waals surface area (Å²) in [6.07, 6.45) is 7.64. The average molecular weight is 412 g/mol. The first-order chi connectivity index (χ1) is 14.4. The second kappa shape index (κ2) is 7.34. The summed E-state index contributed by atoms with van der Waals surface area (Å²) in [6, 6.07) is 0. The van der Waals surface area contributed by atoms with Gasteiger partial charge < -0.3 is 19.7 Å². The Labute approximate surface area is 173 Å². The highest BCUT2D eigenvalue weighted by atomic mass is 32.1. The van der Waals surface area contributed by atoms with Crippen molar-refractivity contribution in [2.24, 2.45) is 0 Å². The zero-order chi connectivity index (χ0) is 19.2. The van der Waals surface area contributed by atoms with Crippen LogP contribution in [0.25, 0.3) is 20.4 Å². The van der Waals surface area contributed by atoms with Crippen LogP contribution < -0.4 is 10.2 Å². The van der Waals surface area contributed by atoms with Crippen molar-refractivity contribution >= 4 is 43.4 Å². The number of pyridine rings is 1. The number of rotatable bonds is 4. The van der Waals surface area contributed by atoms with Crippen molar-refractivity contribution in [1.29, 1.82) is 0 Å². The number of ether oxygens (including phenoxy) is 2. The zero-order valence-corrected chi connectivity index (χ0v) is 17.3. The fraction of sp³-hybridized carbons (Fsp3) is 0.571. The van der Waals surface area contributed by atoms with E-state index in [9.17, 15) is 0 Å². The second-order valence-corrected chi connectivity index (χ2v) is 9.04. The average Bonchev–Trinajstić information content (AvgIpc) is 3.51. The van der Waals surface area contributed by atoms with Gasteiger partial charge in [0.1, 0.15) is 22.8 Å². The molecule has 3 aromatic heterocycles. The Bertz CT molecular complexity index is 1060. The summed E-state index contributed by atoms with van der Waals surface area (Å²) >= 11 is 1.72. The quantitative estimate of drug-likeness (QED) is 0.707. The molecular weight excluding hydrogens is 386 g/mol. The van der Waals surface area contributed by atoms with E-state index >= 15 is 0 Å². The van der Waals surface area contributed by atoms with Crippen LogP contribution in [0.2, 0.25) is 0 Å². The van der Waals surface area contributed by atoms with E-state index in [1.54, 1.807) is 17.7 Å². The molecule has 2 fully saturated rings. The van der Waals surface area contributed by atoms with Gasteiger partial charge in [0.2, 0.25) is 0 Å². The molecule has 0 unspecified atom stereocenters. The molecule has 7 nitrogen and oxygen atoms in total. The number of aromatic nitrogens is 3. The van der Waals surface area contributed by atoms with E-state index in [1.165, 1.54) is 28.8 Å². The van der Waals surface area contributed by atoms with Gasteiger partial charge in [0.05, 0.1) is 29.5 Å². The van der Waals surface area contributed by atoms with Gasteiger partial charge in [-0.15, -0.1) is 11.3 Å². The molecule has 0 amide bonds. The summed E-state index contributed by atoms with van der Waals surface area (Å²) in [5.74, 6) is 2.08. The molecule has 0 saturated carbocycles. The fourth-order valence-electron chi connectivity index (χ4n) is 4.86. The van der Waals surface area contributed by atoms with E-state index in [0.717, 1.165) is 86.0 Å². The number of fused-ring (bicyclic) bond motifs is 5. The minimum absolute atomic E-state index is 0.282. The summed E-state index contributed by atoms with van der Waals surface area (Å²) < 4.78 is 12.4. The molecular formula is C21H25N5O2S. The van der Waals surface area contributed by atoms with E-state index in [2.05, 4.69) is 20.2 Å². The Hall–Kier alpha value is -2.03. The van der Waals surface area contributed by atoms with Gasteiger partial charge in [-0.3, -0.25) is 0 Å². The summed E-state index contributed by atoms with van der Waals surface area (Å²) in [6.45, 7) is 5.07. The van der Waals surface area contributed by atoms with Gasteiger partial charge in [-0.05, 0) is 43.2 Å². The van der Waals surface area contributed by atoms with Crippen molar-refractivity contribution in [1.82, 2.24) is 15.0 Å². The highest BCUT2D eigenvalue weighted by Crippen LogP contribution is 2.43. The van der Waals surface area contributed by atoms with Crippen LogP contribution in [-0.2, 0) is 22.3 Å². The predicted octanol–water partition coefficient (Wildman–Crippen LogP) is 3.16. The Kier molecular flexibility index (Phi) is 4.50. The number of thiophene rings is 1. The van der Waals surface area contributed by atoms with Gasteiger partial charge in [0, 0.05) is 31.6 Å². The van der Waals surface area contributed by atoms with Gasteiger partial charge in [0.25, 0.3) is 0 Å². The van der Waals surface area contributed by atoms with E-state index in [0.29, 0.717) is 0 Å². The SMILES string of the molecule is c1nc(NC[C@@H]2CCCO2)c2sc3nc(N4CCOCC4)c4c(c3c2n1)CCC4. The Morgan fingerprint density at radius 1 is 1.10 bits per heavy atom. The van der Waals surface area contributed by atoms with Gasteiger partial charge in [-0.25, -0.2) is 15.0 Å². The van der Waals surface area contributed by atoms with Crippen molar-refractivity contribution < 1.29 is 9.47 Å². The Morgan fingerprint density at radius 2 is 2.00 bits per heavy atom. The van der Waals surface area contributed by atoms with E-state index in [1.807, 2.05) is 0 Å². The lowest BCUT2D eigenvalue weighted by atomic mass is 10.1. The maximum atomic E-state index is 5.76. The number of hydrogen-bond acceptors (Lipinski definition) is 8. The van der Waals surface area contributed by atoms with Crippen molar-refractivity contribution in [2.75, 3.05) is 49.7 Å². The molecule has 2 aliphatic heterocycles. The zero-order valence-electron chi connectivity index (χ0n) is 16.4. The molecule has 2 saturated heterocycles. The third-order valence-corrected chi connectivity index (χ3v) is 7.36. The summed E-state index contributed by atoms with van der Waals surface area (Å²) in [4.78, 5) is 17.9. The minimum Gasteiger partial charge on any atom is -0.378 e. The van der Waals surface area contributed by atoms with Crippen LogP contribution in [0.1, 0.15) is 30.4 Å². The summed E-state index contributed by atoms with van der Waals surface area (Å²) in [5, 5.41) is 4.76. The second-order valence-electron chi connectivity index (χ2n) is 8.04. The lowest BCUT2D eigenvalue weighted by molar-refractivity contribution is 0.120. The number of hydrogen-bond donors (Lipinski definition) is 1. The molecule has 1 atom stereocenters. The Morgan fingerprint density at radius 3 is 2.86 bits per heavy atom. The lowest BCUT2D eigenvalue weighted by Crippen LogP contribution is -2.37. The molecule has 6 rings (SSSR count). The lowest BCUT2D eigenvalue weighted by Gasteiger charge is -2.29. The van der Waals surface area contributed by atoms with E-state index in [-0.39, 0.29) is 6.10 Å². The van der Waals surface area contributed by atoms with Crippen LogP contribution in [0.15, 0.2) is 6.33 Å². The number of anilines is 2. The molecule has 8 heteroatoms. The summed E-state index contributed by atoms with van der Waals surface area (Å²) in [5.41, 5.74) is 3.92. The van der Waals surface area contributed by atoms with Crippen molar-refractivity contribution in [3.8, 4) is 0 Å². The first-order valence-electron chi connectivity index (χ1n) is 10.7. The number of morpholine rings is 1. The smallest absolute Gasteiger partial charge is 0.147 e. The molecule has 0 aromatic carbocycles. The number of aryl methyl sites for hydroxylation is 1. The molecule has 1 N–H and O–H groups in total. The van der Waals surface area contributed by atoms with Gasteiger partial charge in [-0.1, -0.05) is 0 Å². The predicted molar refractivity (Wildman–Crippen MR) is 115 cm³/mol. The Balaban J connectivity index is 1.45. The van der Waals surface area contributed by atoms with Crippen molar-refractivity contribution in [3.63, 3.8) is 0 Å². The third kappa shape index (κ3) is 3.05. The maximum absolute atomic E-state index is 5.76. The first kappa shape index (κ1) is 17.8. The normalized spacial score (nSPS) is 21.9. The largest absolute Gasteiger partial charge is 0.378 e. The monoisotopic (exact) mass is 411 g/mol. The van der Waals surface area contributed by atoms with Crippen LogP contribution in [0.4, 0.5) is 11.6 Å². The van der Waals surface area contributed by atoms with Crippen LogP contribution >= 0.6 is 11.3 Å². The van der Waals surface area contributed by atoms with Crippen LogP contribution in [0.5, 0.6) is 0 Å². The highest BCUT2D eigenvalue weighted by molar-refractivity contribution is 7.26. The fourth-order valence-corrected chi connectivity index (χ4v) is 5.98. The molecule has 0 bridgehead atoms. The number of nitrogens with one attached hydrogen (secondary N) is 1. The molecule has 29 heavy (non-hydrogen) atoms. The topological polar surface area (TPSA) is 72.4 Å². The highest BCUT2D eigenvalue weighted by Gasteiger charge is 2.27. The molecule has 5 heterocycles. The number of nitrogens with zero attached hydrogens (tertiary/aromatic N) is 4. The van der Waals surface area contributed by atoms with Gasteiger partial charge >= 0.3 is 0 Å². The molecule has 0 radical (unpaired) electrons. The van der Waals surface area contributed by atoms with Crippen molar-refractivity contribution in [2.45, 2.75) is 38.2 Å². The maximum Gasteiger partial charge on any atom is 0.147 e. The summed E-state index contributed by atoms with van der Waals surface area (Å²) in [7, 11) is 0. The molecule has 0 spiro atoms. The van der Waals surface area contributed by atoms with E-state index < -0.39 is 0 Å². The minimum atomic E-state index is 0.282. The van der Waals surface area contributed by atoms with Gasteiger partial charge in [0.15, 0.2) is 0 Å². The van der Waals surface area contributed by atoms with Gasteiger partial charge in [-0.2, -0.15) is 0 Å². The van der Waals surface area contributed by atoms with Crippen LogP contribution in [-0.4, -0.2) is 60.5 Å². The molecule has 3 aromatic rings. The molecule has 1 aliphatic carbocycles. The third-order valence-electron chi connectivity index (χ3n) is 6.28.